The Labute approximate surface area is 156 Å². The van der Waals surface area contributed by atoms with Gasteiger partial charge in [-0.3, -0.25) is 14.7 Å². The first-order valence-corrected chi connectivity index (χ1v) is 9.20. The van der Waals surface area contributed by atoms with Crippen molar-refractivity contribution in [3.63, 3.8) is 0 Å². The minimum atomic E-state index is -0.196. The molecule has 6 heteroatoms. The van der Waals surface area contributed by atoms with Crippen molar-refractivity contribution in [2.45, 2.75) is 31.8 Å². The molecule has 1 aliphatic heterocycles. The van der Waals surface area contributed by atoms with E-state index in [1.165, 1.54) is 6.07 Å². The molecule has 5 nitrogen and oxygen atoms in total. The summed E-state index contributed by atoms with van der Waals surface area (Å²) in [6.07, 6.45) is 6.38. The second kappa shape index (κ2) is 7.80. The van der Waals surface area contributed by atoms with E-state index in [2.05, 4.69) is 14.9 Å². The number of aromatic amines is 1. The van der Waals surface area contributed by atoms with Crippen molar-refractivity contribution in [3.05, 3.63) is 82.3 Å². The predicted octanol–water partition coefficient (Wildman–Crippen LogP) is 3.70. The molecule has 1 aliphatic rings. The summed E-state index contributed by atoms with van der Waals surface area (Å²) in [6.45, 7) is 1.37. The number of rotatable bonds is 4. The van der Waals surface area contributed by atoms with Gasteiger partial charge in [0.25, 0.3) is 5.56 Å². The molecule has 0 spiro atoms. The van der Waals surface area contributed by atoms with Gasteiger partial charge in [0, 0.05) is 36.1 Å². The zero-order valence-corrected chi connectivity index (χ0v) is 14.9. The standard InChI is InChI=1S/C21H21FN4O/c22-17-6-2-1-5-16(17)14-26-12-4-3-7-19(26)18-13-20(27)25-21(24-18)15-8-10-23-11-9-15/h1-2,5-6,8-11,13,19H,3-4,7,12,14H2,(H,24,25,27)/t19-/m1/s1. The lowest BCUT2D eigenvalue weighted by atomic mass is 9.98. The highest BCUT2D eigenvalue weighted by Crippen LogP contribution is 2.31. The van der Waals surface area contributed by atoms with Crippen LogP contribution in [0.5, 0.6) is 0 Å². The third kappa shape index (κ3) is 3.95. The molecule has 27 heavy (non-hydrogen) atoms. The molecule has 4 rings (SSSR count). The normalized spacial score (nSPS) is 17.7. The number of benzene rings is 1. The third-order valence-corrected chi connectivity index (χ3v) is 5.00. The van der Waals surface area contributed by atoms with Crippen molar-refractivity contribution in [1.29, 1.82) is 0 Å². The lowest BCUT2D eigenvalue weighted by Crippen LogP contribution is -2.34. The van der Waals surface area contributed by atoms with E-state index in [9.17, 15) is 9.18 Å². The molecule has 1 atom stereocenters. The van der Waals surface area contributed by atoms with Crippen LogP contribution in [0.1, 0.15) is 36.6 Å². The number of aromatic nitrogens is 3. The topological polar surface area (TPSA) is 61.9 Å². The molecule has 0 aliphatic carbocycles. The fraction of sp³-hybridized carbons (Fsp3) is 0.286. The molecule has 0 saturated carbocycles. The molecule has 0 bridgehead atoms. The quantitative estimate of drug-likeness (QED) is 0.767. The van der Waals surface area contributed by atoms with E-state index in [1.54, 1.807) is 24.5 Å². The fourth-order valence-electron chi connectivity index (χ4n) is 3.65. The van der Waals surface area contributed by atoms with Gasteiger partial charge in [-0.25, -0.2) is 9.37 Å². The van der Waals surface area contributed by atoms with Gasteiger partial charge < -0.3 is 4.98 Å². The Hall–Kier alpha value is -2.86. The fourth-order valence-corrected chi connectivity index (χ4v) is 3.65. The van der Waals surface area contributed by atoms with Crippen LogP contribution in [0.25, 0.3) is 11.4 Å². The summed E-state index contributed by atoms with van der Waals surface area (Å²) in [5.74, 6) is 0.342. The van der Waals surface area contributed by atoms with Gasteiger partial charge in [0.1, 0.15) is 11.6 Å². The Balaban J connectivity index is 1.67. The average Bonchev–Trinajstić information content (AvgIpc) is 2.70. The van der Waals surface area contributed by atoms with E-state index >= 15 is 0 Å². The van der Waals surface area contributed by atoms with Crippen molar-refractivity contribution >= 4 is 0 Å². The van der Waals surface area contributed by atoms with E-state index in [-0.39, 0.29) is 17.4 Å². The van der Waals surface area contributed by atoms with Crippen LogP contribution in [-0.2, 0) is 6.54 Å². The van der Waals surface area contributed by atoms with Crippen molar-refractivity contribution < 1.29 is 4.39 Å². The van der Waals surface area contributed by atoms with E-state index in [0.29, 0.717) is 17.9 Å². The van der Waals surface area contributed by atoms with Crippen LogP contribution in [0.2, 0.25) is 0 Å². The summed E-state index contributed by atoms with van der Waals surface area (Å²) in [7, 11) is 0. The van der Waals surface area contributed by atoms with Crippen LogP contribution >= 0.6 is 0 Å². The van der Waals surface area contributed by atoms with Crippen molar-refractivity contribution in [1.82, 2.24) is 19.9 Å². The van der Waals surface area contributed by atoms with Crippen LogP contribution in [0.3, 0.4) is 0 Å². The lowest BCUT2D eigenvalue weighted by molar-refractivity contribution is 0.135. The summed E-state index contributed by atoms with van der Waals surface area (Å²) in [6, 6.07) is 12.1. The monoisotopic (exact) mass is 364 g/mol. The Morgan fingerprint density at radius 1 is 1.15 bits per heavy atom. The molecular formula is C21H21FN4O. The number of H-pyrrole nitrogens is 1. The van der Waals surface area contributed by atoms with E-state index in [4.69, 9.17) is 4.98 Å². The zero-order valence-electron chi connectivity index (χ0n) is 14.9. The number of piperidine rings is 1. The maximum absolute atomic E-state index is 14.1. The molecule has 0 unspecified atom stereocenters. The molecule has 1 fully saturated rings. The molecular weight excluding hydrogens is 343 g/mol. The molecule has 138 valence electrons. The van der Waals surface area contributed by atoms with E-state index < -0.39 is 0 Å². The number of nitrogens with zero attached hydrogens (tertiary/aromatic N) is 3. The highest BCUT2D eigenvalue weighted by atomic mass is 19.1. The minimum Gasteiger partial charge on any atom is -0.307 e. The average molecular weight is 364 g/mol. The highest BCUT2D eigenvalue weighted by Gasteiger charge is 2.26. The third-order valence-electron chi connectivity index (χ3n) is 5.00. The Morgan fingerprint density at radius 2 is 1.96 bits per heavy atom. The van der Waals surface area contributed by atoms with Gasteiger partial charge in [-0.1, -0.05) is 24.6 Å². The summed E-state index contributed by atoms with van der Waals surface area (Å²) in [4.78, 5) is 26.0. The number of nitrogens with one attached hydrogen (secondary N) is 1. The Kier molecular flexibility index (Phi) is 5.07. The van der Waals surface area contributed by atoms with Crippen molar-refractivity contribution in [2.75, 3.05) is 6.54 Å². The summed E-state index contributed by atoms with van der Waals surface area (Å²) in [5.41, 5.74) is 2.05. The second-order valence-corrected chi connectivity index (χ2v) is 6.83. The number of hydrogen-bond donors (Lipinski definition) is 1. The SMILES string of the molecule is O=c1cc([C@H]2CCCCN2Cc2ccccc2F)nc(-c2ccncc2)[nH]1. The van der Waals surface area contributed by atoms with Gasteiger partial charge in [-0.05, 0) is 37.6 Å². The summed E-state index contributed by atoms with van der Waals surface area (Å²) < 4.78 is 14.1. The predicted molar refractivity (Wildman–Crippen MR) is 101 cm³/mol. The number of pyridine rings is 1. The first-order valence-electron chi connectivity index (χ1n) is 9.20. The van der Waals surface area contributed by atoms with Crippen LogP contribution in [-0.4, -0.2) is 26.4 Å². The lowest BCUT2D eigenvalue weighted by Gasteiger charge is -2.35. The molecule has 3 aromatic rings. The van der Waals surface area contributed by atoms with Gasteiger partial charge in [0.05, 0.1) is 11.7 Å². The van der Waals surface area contributed by atoms with E-state index in [1.807, 2.05) is 24.3 Å². The molecule has 0 amide bonds. The largest absolute Gasteiger partial charge is 0.307 e. The van der Waals surface area contributed by atoms with Crippen LogP contribution in [0.15, 0.2) is 59.7 Å². The molecule has 1 saturated heterocycles. The Morgan fingerprint density at radius 3 is 2.78 bits per heavy atom. The van der Waals surface area contributed by atoms with E-state index in [0.717, 1.165) is 37.1 Å². The molecule has 3 heterocycles. The second-order valence-electron chi connectivity index (χ2n) is 6.83. The summed E-state index contributed by atoms with van der Waals surface area (Å²) in [5, 5.41) is 0. The van der Waals surface area contributed by atoms with Crippen molar-refractivity contribution in [2.24, 2.45) is 0 Å². The number of hydrogen-bond acceptors (Lipinski definition) is 4. The van der Waals surface area contributed by atoms with Gasteiger partial charge in [-0.2, -0.15) is 0 Å². The maximum Gasteiger partial charge on any atom is 0.251 e. The van der Waals surface area contributed by atoms with Gasteiger partial charge in [-0.15, -0.1) is 0 Å². The Bertz CT molecular complexity index is 973. The van der Waals surface area contributed by atoms with Gasteiger partial charge >= 0.3 is 0 Å². The molecule has 2 aromatic heterocycles. The molecule has 1 N–H and O–H groups in total. The van der Waals surface area contributed by atoms with Crippen molar-refractivity contribution in [3.8, 4) is 11.4 Å². The highest BCUT2D eigenvalue weighted by molar-refractivity contribution is 5.53. The van der Waals surface area contributed by atoms with Crippen LogP contribution in [0.4, 0.5) is 4.39 Å². The number of likely N-dealkylation sites (tertiary alicyclic amines) is 1. The first-order chi connectivity index (χ1) is 13.2. The van der Waals surface area contributed by atoms with Gasteiger partial charge in [0.15, 0.2) is 0 Å². The van der Waals surface area contributed by atoms with Crippen LogP contribution in [0, 0.1) is 5.82 Å². The smallest absolute Gasteiger partial charge is 0.251 e. The number of halogens is 1. The van der Waals surface area contributed by atoms with Gasteiger partial charge in [0.2, 0.25) is 0 Å². The zero-order chi connectivity index (χ0) is 18.6. The maximum atomic E-state index is 14.1. The molecule has 1 aromatic carbocycles. The summed E-state index contributed by atoms with van der Waals surface area (Å²) >= 11 is 0. The first kappa shape index (κ1) is 17.5. The minimum absolute atomic E-state index is 0.00115. The van der Waals surface area contributed by atoms with Crippen LogP contribution < -0.4 is 5.56 Å². The molecule has 0 radical (unpaired) electrons.